The summed E-state index contributed by atoms with van der Waals surface area (Å²) in [6, 6.07) is 71.5. The number of benzene rings is 9. The van der Waals surface area contributed by atoms with Crippen LogP contribution in [-0.4, -0.2) is 14.5 Å². The topological polar surface area (TPSA) is 30.7 Å². The lowest BCUT2D eigenvalue weighted by Crippen LogP contribution is -1.97. The molecular weight excluding hydrogens is 667 g/mol. The average Bonchev–Trinajstić information content (AvgIpc) is 3.62. The number of nitrogens with zero attached hydrogens (tertiary/aromatic N) is 3. The van der Waals surface area contributed by atoms with Gasteiger partial charge in [0.1, 0.15) is 0 Å². The summed E-state index contributed by atoms with van der Waals surface area (Å²) in [4.78, 5) is 10.4. The minimum absolute atomic E-state index is 0.706. The predicted molar refractivity (Wildman–Crippen MR) is 231 cm³/mol. The highest BCUT2D eigenvalue weighted by Crippen LogP contribution is 2.41. The Labute approximate surface area is 318 Å². The van der Waals surface area contributed by atoms with E-state index in [-0.39, 0.29) is 0 Å². The van der Waals surface area contributed by atoms with Gasteiger partial charge in [0.05, 0.1) is 22.2 Å². The molecule has 0 radical (unpaired) electrons. The lowest BCUT2D eigenvalue weighted by atomic mass is 9.97. The molecule has 9 aromatic carbocycles. The molecule has 0 aliphatic rings. The molecule has 0 aliphatic carbocycles. The van der Waals surface area contributed by atoms with E-state index in [1.54, 1.807) is 0 Å². The van der Waals surface area contributed by atoms with Crippen LogP contribution >= 0.6 is 0 Å². The molecule has 2 heterocycles. The Morgan fingerprint density at radius 2 is 0.836 bits per heavy atom. The second-order valence-corrected chi connectivity index (χ2v) is 14.2. The number of hydrogen-bond donors (Lipinski definition) is 0. The molecule has 0 bridgehead atoms. The number of fused-ring (bicyclic) bond motifs is 8. The fourth-order valence-electron chi connectivity index (χ4n) is 8.34. The number of hydrogen-bond acceptors (Lipinski definition) is 2. The third kappa shape index (κ3) is 5.20. The van der Waals surface area contributed by atoms with Crippen molar-refractivity contribution in [2.75, 3.05) is 0 Å². The zero-order valence-corrected chi connectivity index (χ0v) is 29.9. The van der Waals surface area contributed by atoms with E-state index in [0.29, 0.717) is 5.82 Å². The zero-order chi connectivity index (χ0) is 36.3. The fourth-order valence-corrected chi connectivity index (χ4v) is 8.34. The van der Waals surface area contributed by atoms with Gasteiger partial charge in [0, 0.05) is 33.0 Å². The first-order valence-electron chi connectivity index (χ1n) is 18.7. The van der Waals surface area contributed by atoms with Crippen molar-refractivity contribution in [3.8, 4) is 50.6 Å². The van der Waals surface area contributed by atoms with Crippen molar-refractivity contribution >= 4 is 54.3 Å². The Bertz CT molecular complexity index is 3140. The first-order valence-corrected chi connectivity index (χ1v) is 18.7. The van der Waals surface area contributed by atoms with Crippen molar-refractivity contribution < 1.29 is 0 Å². The Kier molecular flexibility index (Phi) is 7.17. The Morgan fingerprint density at radius 1 is 0.327 bits per heavy atom. The van der Waals surface area contributed by atoms with Gasteiger partial charge in [-0.25, -0.2) is 9.97 Å². The van der Waals surface area contributed by atoms with Gasteiger partial charge in [-0.05, 0) is 92.3 Å². The predicted octanol–water partition coefficient (Wildman–Crippen LogP) is 13.7. The normalized spacial score (nSPS) is 11.6. The first kappa shape index (κ1) is 31.2. The summed E-state index contributed by atoms with van der Waals surface area (Å²) in [5, 5.41) is 8.62. The van der Waals surface area contributed by atoms with E-state index in [1.807, 2.05) is 6.07 Å². The third-order valence-electron chi connectivity index (χ3n) is 11.0. The Balaban J connectivity index is 1.02. The van der Waals surface area contributed by atoms with Crippen LogP contribution in [0.4, 0.5) is 0 Å². The standard InChI is InChI=1S/C52H33N3/c1-2-11-34(12-3-1)35-21-23-36(24-22-35)40-15-10-16-41(33-40)51-45-19-8-9-20-46(45)53-52(54-51)39-25-29-42(30-26-39)55-47-31-27-37-13-4-6-17-43(37)49(47)50-44-18-7-5-14-38(44)28-32-48(50)55/h1-33H. The quantitative estimate of drug-likeness (QED) is 0.179. The molecule has 3 nitrogen and oxygen atoms in total. The molecule has 2 aromatic heterocycles. The van der Waals surface area contributed by atoms with Gasteiger partial charge in [-0.15, -0.1) is 0 Å². The smallest absolute Gasteiger partial charge is 0.160 e. The highest BCUT2D eigenvalue weighted by Gasteiger charge is 2.18. The maximum atomic E-state index is 5.27. The van der Waals surface area contributed by atoms with Crippen molar-refractivity contribution in [3.05, 3.63) is 200 Å². The van der Waals surface area contributed by atoms with Crippen molar-refractivity contribution in [1.29, 1.82) is 0 Å². The van der Waals surface area contributed by atoms with E-state index >= 15 is 0 Å². The van der Waals surface area contributed by atoms with E-state index in [0.717, 1.165) is 39.0 Å². The van der Waals surface area contributed by atoms with Gasteiger partial charge >= 0.3 is 0 Å². The van der Waals surface area contributed by atoms with Crippen LogP contribution in [0.3, 0.4) is 0 Å². The SMILES string of the molecule is c1ccc(-c2ccc(-c3cccc(-c4nc(-c5ccc(-n6c7ccc8ccccc8c7c7c8ccccc8ccc76)cc5)nc5ccccc45)c3)cc2)cc1. The van der Waals surface area contributed by atoms with Crippen LogP contribution in [0.5, 0.6) is 0 Å². The van der Waals surface area contributed by atoms with Crippen LogP contribution in [0.25, 0.3) is 105 Å². The molecule has 11 rings (SSSR count). The Hall–Kier alpha value is -7.36. The summed E-state index contributed by atoms with van der Waals surface area (Å²) in [5.41, 5.74) is 12.1. The van der Waals surface area contributed by atoms with Gasteiger partial charge in [-0.2, -0.15) is 0 Å². The number of aromatic nitrogens is 3. The average molecular weight is 700 g/mol. The number of para-hydroxylation sites is 1. The fraction of sp³-hybridized carbons (Fsp3) is 0. The highest BCUT2D eigenvalue weighted by molar-refractivity contribution is 6.28. The molecule has 0 amide bonds. The second kappa shape index (κ2) is 12.6. The van der Waals surface area contributed by atoms with Crippen LogP contribution in [-0.2, 0) is 0 Å². The zero-order valence-electron chi connectivity index (χ0n) is 29.9. The van der Waals surface area contributed by atoms with Gasteiger partial charge in [-0.1, -0.05) is 152 Å². The van der Waals surface area contributed by atoms with Crippen LogP contribution in [0.2, 0.25) is 0 Å². The highest BCUT2D eigenvalue weighted by atomic mass is 15.0. The maximum Gasteiger partial charge on any atom is 0.160 e. The van der Waals surface area contributed by atoms with E-state index in [9.17, 15) is 0 Å². The van der Waals surface area contributed by atoms with Crippen molar-refractivity contribution in [1.82, 2.24) is 14.5 Å². The molecule has 0 aliphatic heterocycles. The van der Waals surface area contributed by atoms with Crippen LogP contribution in [0.15, 0.2) is 200 Å². The monoisotopic (exact) mass is 699 g/mol. The molecule has 0 atom stereocenters. The molecule has 0 unspecified atom stereocenters. The molecule has 0 spiro atoms. The van der Waals surface area contributed by atoms with Crippen LogP contribution in [0, 0.1) is 0 Å². The van der Waals surface area contributed by atoms with Crippen LogP contribution < -0.4 is 0 Å². The lowest BCUT2D eigenvalue weighted by molar-refractivity contribution is 1.17. The molecule has 11 aromatic rings. The van der Waals surface area contributed by atoms with Gasteiger partial charge in [0.15, 0.2) is 5.82 Å². The van der Waals surface area contributed by atoms with Gasteiger partial charge < -0.3 is 4.57 Å². The maximum absolute atomic E-state index is 5.27. The summed E-state index contributed by atoms with van der Waals surface area (Å²) in [6.45, 7) is 0. The summed E-state index contributed by atoms with van der Waals surface area (Å²) >= 11 is 0. The molecule has 0 N–H and O–H groups in total. The summed E-state index contributed by atoms with van der Waals surface area (Å²) in [7, 11) is 0. The second-order valence-electron chi connectivity index (χ2n) is 14.2. The molecule has 0 saturated carbocycles. The molecule has 0 fully saturated rings. The summed E-state index contributed by atoms with van der Waals surface area (Å²) in [5.74, 6) is 0.706. The minimum atomic E-state index is 0.706. The van der Waals surface area contributed by atoms with E-state index < -0.39 is 0 Å². The minimum Gasteiger partial charge on any atom is -0.309 e. The molecule has 0 saturated heterocycles. The van der Waals surface area contributed by atoms with Gasteiger partial charge in [0.2, 0.25) is 0 Å². The lowest BCUT2D eigenvalue weighted by Gasteiger charge is -2.12. The summed E-state index contributed by atoms with van der Waals surface area (Å²) < 4.78 is 2.40. The first-order chi connectivity index (χ1) is 27.3. The Morgan fingerprint density at radius 3 is 1.51 bits per heavy atom. The molecule has 3 heteroatoms. The van der Waals surface area contributed by atoms with Gasteiger partial charge in [-0.3, -0.25) is 0 Å². The molecule has 256 valence electrons. The summed E-state index contributed by atoms with van der Waals surface area (Å²) in [6.07, 6.45) is 0. The van der Waals surface area contributed by atoms with E-state index in [1.165, 1.54) is 60.0 Å². The van der Waals surface area contributed by atoms with Crippen molar-refractivity contribution in [2.45, 2.75) is 0 Å². The van der Waals surface area contributed by atoms with Gasteiger partial charge in [0.25, 0.3) is 0 Å². The number of rotatable bonds is 5. The van der Waals surface area contributed by atoms with Crippen molar-refractivity contribution in [2.24, 2.45) is 0 Å². The van der Waals surface area contributed by atoms with Crippen molar-refractivity contribution in [3.63, 3.8) is 0 Å². The molecular formula is C52H33N3. The van der Waals surface area contributed by atoms with E-state index in [2.05, 4.69) is 199 Å². The third-order valence-corrected chi connectivity index (χ3v) is 11.0. The van der Waals surface area contributed by atoms with E-state index in [4.69, 9.17) is 9.97 Å². The van der Waals surface area contributed by atoms with Crippen LogP contribution in [0.1, 0.15) is 0 Å². The largest absolute Gasteiger partial charge is 0.309 e. The molecule has 55 heavy (non-hydrogen) atoms.